The summed E-state index contributed by atoms with van der Waals surface area (Å²) in [5.41, 5.74) is 0.239. The minimum Gasteiger partial charge on any atom is -0.356 e. The van der Waals surface area contributed by atoms with E-state index in [9.17, 15) is 4.79 Å². The third-order valence-corrected chi connectivity index (χ3v) is 5.89. The molecule has 0 radical (unpaired) electrons. The standard InChI is InChI=1S/C15H28BrNO/c1-3-15(4-2,11-16)12-17-14(18)10-9-13-7-5-6-8-13/h13H,3-12H2,1-2H3,(H,17,18). The summed E-state index contributed by atoms with van der Waals surface area (Å²) in [7, 11) is 0. The van der Waals surface area contributed by atoms with E-state index < -0.39 is 0 Å². The molecule has 0 atom stereocenters. The first-order valence-corrected chi connectivity index (χ1v) is 8.60. The van der Waals surface area contributed by atoms with E-state index in [2.05, 4.69) is 35.1 Å². The third kappa shape index (κ3) is 4.91. The summed E-state index contributed by atoms with van der Waals surface area (Å²) < 4.78 is 0. The molecule has 1 saturated carbocycles. The van der Waals surface area contributed by atoms with Crippen molar-refractivity contribution in [2.75, 3.05) is 11.9 Å². The Morgan fingerprint density at radius 3 is 2.39 bits per heavy atom. The summed E-state index contributed by atoms with van der Waals surface area (Å²) >= 11 is 3.59. The first-order valence-electron chi connectivity index (χ1n) is 7.48. The maximum absolute atomic E-state index is 11.9. The van der Waals surface area contributed by atoms with Gasteiger partial charge in [0.15, 0.2) is 0 Å². The zero-order valence-corrected chi connectivity index (χ0v) is 13.5. The van der Waals surface area contributed by atoms with Crippen LogP contribution in [0.3, 0.4) is 0 Å². The molecular weight excluding hydrogens is 290 g/mol. The number of amides is 1. The molecule has 1 fully saturated rings. The second kappa shape index (κ2) is 8.19. The van der Waals surface area contributed by atoms with E-state index in [1.54, 1.807) is 0 Å². The average Bonchev–Trinajstić information content (AvgIpc) is 2.92. The fourth-order valence-corrected chi connectivity index (χ4v) is 3.74. The summed E-state index contributed by atoms with van der Waals surface area (Å²) in [6, 6.07) is 0. The molecule has 1 amide bonds. The maximum Gasteiger partial charge on any atom is 0.220 e. The molecule has 2 nitrogen and oxygen atoms in total. The third-order valence-electron chi connectivity index (χ3n) is 4.70. The number of hydrogen-bond acceptors (Lipinski definition) is 1. The monoisotopic (exact) mass is 317 g/mol. The Morgan fingerprint density at radius 2 is 1.89 bits per heavy atom. The summed E-state index contributed by atoms with van der Waals surface area (Å²) in [5, 5.41) is 4.10. The lowest BCUT2D eigenvalue weighted by Gasteiger charge is -2.29. The molecule has 0 aromatic rings. The Bertz CT molecular complexity index is 237. The fourth-order valence-electron chi connectivity index (χ4n) is 2.74. The molecule has 0 unspecified atom stereocenters. The highest BCUT2D eigenvalue weighted by atomic mass is 79.9. The van der Waals surface area contributed by atoms with Crippen LogP contribution >= 0.6 is 15.9 Å². The molecule has 1 rings (SSSR count). The predicted octanol–water partition coefficient (Wildman–Crippen LogP) is 4.27. The minimum atomic E-state index is 0.239. The van der Waals surface area contributed by atoms with Gasteiger partial charge in [-0.2, -0.15) is 0 Å². The Hall–Kier alpha value is -0.0500. The highest BCUT2D eigenvalue weighted by Gasteiger charge is 2.25. The van der Waals surface area contributed by atoms with Crippen LogP contribution in [0, 0.1) is 11.3 Å². The van der Waals surface area contributed by atoms with Crippen molar-refractivity contribution in [3.05, 3.63) is 0 Å². The molecule has 0 spiro atoms. The van der Waals surface area contributed by atoms with Crippen LogP contribution in [0.1, 0.15) is 65.2 Å². The van der Waals surface area contributed by atoms with Crippen LogP contribution in [0.25, 0.3) is 0 Å². The molecule has 0 heterocycles. The van der Waals surface area contributed by atoms with E-state index in [-0.39, 0.29) is 11.3 Å². The zero-order chi connectivity index (χ0) is 13.4. The smallest absolute Gasteiger partial charge is 0.220 e. The van der Waals surface area contributed by atoms with Gasteiger partial charge in [-0.15, -0.1) is 0 Å². The molecular formula is C15H28BrNO. The Morgan fingerprint density at radius 1 is 1.28 bits per heavy atom. The first-order chi connectivity index (χ1) is 8.65. The van der Waals surface area contributed by atoms with Crippen molar-refractivity contribution in [3.63, 3.8) is 0 Å². The van der Waals surface area contributed by atoms with Crippen LogP contribution in [0.4, 0.5) is 0 Å². The average molecular weight is 318 g/mol. The molecule has 3 heteroatoms. The second-order valence-electron chi connectivity index (χ2n) is 5.81. The SMILES string of the molecule is CCC(CC)(CBr)CNC(=O)CCC1CCCC1. The second-order valence-corrected chi connectivity index (χ2v) is 6.37. The van der Waals surface area contributed by atoms with Gasteiger partial charge in [-0.1, -0.05) is 55.5 Å². The van der Waals surface area contributed by atoms with Gasteiger partial charge in [0.25, 0.3) is 0 Å². The van der Waals surface area contributed by atoms with Crippen molar-refractivity contribution in [2.24, 2.45) is 11.3 Å². The van der Waals surface area contributed by atoms with Gasteiger partial charge >= 0.3 is 0 Å². The lowest BCUT2D eigenvalue weighted by atomic mass is 9.84. The van der Waals surface area contributed by atoms with Crippen LogP contribution < -0.4 is 5.32 Å². The number of rotatable bonds is 8. The van der Waals surface area contributed by atoms with Crippen LogP contribution in [-0.2, 0) is 4.79 Å². The summed E-state index contributed by atoms with van der Waals surface area (Å²) in [6.07, 6.45) is 9.43. The van der Waals surface area contributed by atoms with Crippen LogP contribution in [0.2, 0.25) is 0 Å². The lowest BCUT2D eigenvalue weighted by Crippen LogP contribution is -2.38. The predicted molar refractivity (Wildman–Crippen MR) is 81.0 cm³/mol. The Balaban J connectivity index is 2.22. The number of carbonyl (C=O) groups is 1. The number of nitrogens with one attached hydrogen (secondary N) is 1. The van der Waals surface area contributed by atoms with Gasteiger partial charge in [0.1, 0.15) is 0 Å². The van der Waals surface area contributed by atoms with Gasteiger partial charge in [0.05, 0.1) is 0 Å². The molecule has 1 N–H and O–H groups in total. The Kier molecular flexibility index (Phi) is 7.28. The number of alkyl halides is 1. The molecule has 106 valence electrons. The van der Waals surface area contributed by atoms with E-state index in [0.29, 0.717) is 0 Å². The minimum absolute atomic E-state index is 0.239. The van der Waals surface area contributed by atoms with Crippen molar-refractivity contribution in [1.29, 1.82) is 0 Å². The van der Waals surface area contributed by atoms with Crippen LogP contribution in [-0.4, -0.2) is 17.8 Å². The highest BCUT2D eigenvalue weighted by molar-refractivity contribution is 9.09. The molecule has 18 heavy (non-hydrogen) atoms. The molecule has 1 aliphatic carbocycles. The van der Waals surface area contributed by atoms with E-state index in [0.717, 1.165) is 43.5 Å². The molecule has 0 aliphatic heterocycles. The fraction of sp³-hybridized carbons (Fsp3) is 0.933. The quantitative estimate of drug-likeness (QED) is 0.665. The van der Waals surface area contributed by atoms with E-state index in [1.165, 1.54) is 25.7 Å². The van der Waals surface area contributed by atoms with E-state index in [1.807, 2.05) is 0 Å². The van der Waals surface area contributed by atoms with Gasteiger partial charge in [0, 0.05) is 18.3 Å². The van der Waals surface area contributed by atoms with Gasteiger partial charge in [-0.3, -0.25) is 4.79 Å². The molecule has 0 bridgehead atoms. The van der Waals surface area contributed by atoms with E-state index >= 15 is 0 Å². The zero-order valence-electron chi connectivity index (χ0n) is 11.9. The van der Waals surface area contributed by atoms with Crippen molar-refractivity contribution in [2.45, 2.75) is 65.2 Å². The number of hydrogen-bond donors (Lipinski definition) is 1. The number of halogens is 1. The normalized spacial score (nSPS) is 17.1. The highest BCUT2D eigenvalue weighted by Crippen LogP contribution is 2.29. The molecule has 1 aliphatic rings. The van der Waals surface area contributed by atoms with Crippen molar-refractivity contribution >= 4 is 21.8 Å². The van der Waals surface area contributed by atoms with Crippen molar-refractivity contribution < 1.29 is 4.79 Å². The van der Waals surface area contributed by atoms with Gasteiger partial charge in [-0.05, 0) is 30.6 Å². The first kappa shape index (κ1) is 16.0. The largest absolute Gasteiger partial charge is 0.356 e. The van der Waals surface area contributed by atoms with Crippen molar-refractivity contribution in [3.8, 4) is 0 Å². The van der Waals surface area contributed by atoms with Gasteiger partial charge in [0.2, 0.25) is 5.91 Å². The van der Waals surface area contributed by atoms with Crippen molar-refractivity contribution in [1.82, 2.24) is 5.32 Å². The van der Waals surface area contributed by atoms with Crippen LogP contribution in [0.15, 0.2) is 0 Å². The van der Waals surface area contributed by atoms with Gasteiger partial charge < -0.3 is 5.32 Å². The molecule has 0 saturated heterocycles. The molecule has 0 aromatic heterocycles. The van der Waals surface area contributed by atoms with Gasteiger partial charge in [-0.25, -0.2) is 0 Å². The topological polar surface area (TPSA) is 29.1 Å². The van der Waals surface area contributed by atoms with Crippen LogP contribution in [0.5, 0.6) is 0 Å². The summed E-state index contributed by atoms with van der Waals surface area (Å²) in [6.45, 7) is 5.22. The summed E-state index contributed by atoms with van der Waals surface area (Å²) in [4.78, 5) is 11.9. The van der Waals surface area contributed by atoms with E-state index in [4.69, 9.17) is 0 Å². The molecule has 0 aromatic carbocycles. The lowest BCUT2D eigenvalue weighted by molar-refractivity contribution is -0.121. The maximum atomic E-state index is 11.9. The number of carbonyl (C=O) groups excluding carboxylic acids is 1. The summed E-state index contributed by atoms with van der Waals surface area (Å²) in [5.74, 6) is 1.06. The Labute approximate surface area is 120 Å².